The second-order valence-corrected chi connectivity index (χ2v) is 6.12. The lowest BCUT2D eigenvalue weighted by molar-refractivity contribution is 0.0946. The zero-order valence-electron chi connectivity index (χ0n) is 12.1. The predicted octanol–water partition coefficient (Wildman–Crippen LogP) is 3.17. The summed E-state index contributed by atoms with van der Waals surface area (Å²) in [5.74, 6) is -0.248. The molecule has 6 heteroatoms. The Bertz CT molecular complexity index is 979. The van der Waals surface area contributed by atoms with Gasteiger partial charge in [0.15, 0.2) is 0 Å². The lowest BCUT2D eigenvalue weighted by Gasteiger charge is -2.03. The van der Waals surface area contributed by atoms with Crippen LogP contribution < -0.4 is 5.32 Å². The number of hydrogen-bond acceptors (Lipinski definition) is 5. The third-order valence-corrected chi connectivity index (χ3v) is 4.46. The average Bonchev–Trinajstić information content (AvgIpc) is 3.02. The Balaban J connectivity index is 1.52. The SMILES string of the molecule is O=C(NCc1nc2ccccc2s1)c1cnc2ccccc2n1. The van der Waals surface area contributed by atoms with Crippen molar-refractivity contribution in [2.75, 3.05) is 0 Å². The Hall–Kier alpha value is -2.86. The molecule has 1 N–H and O–H groups in total. The number of thiazole rings is 1. The van der Waals surface area contributed by atoms with E-state index in [4.69, 9.17) is 0 Å². The van der Waals surface area contributed by atoms with Gasteiger partial charge in [-0.25, -0.2) is 9.97 Å². The fraction of sp³-hybridized carbons (Fsp3) is 0.0588. The Kier molecular flexibility index (Phi) is 3.44. The molecule has 0 aliphatic carbocycles. The summed E-state index contributed by atoms with van der Waals surface area (Å²) in [5.41, 5.74) is 2.74. The van der Waals surface area contributed by atoms with Gasteiger partial charge in [-0.05, 0) is 24.3 Å². The first-order valence-corrected chi connectivity index (χ1v) is 7.96. The molecule has 0 unspecified atom stereocenters. The molecule has 0 bridgehead atoms. The first kappa shape index (κ1) is 13.8. The molecule has 2 aromatic heterocycles. The standard InChI is InChI=1S/C17H12N4OS/c22-17(14-9-18-11-5-1-2-6-12(11)20-14)19-10-16-21-13-7-3-4-8-15(13)23-16/h1-9H,10H2,(H,19,22). The second-order valence-electron chi connectivity index (χ2n) is 5.00. The van der Waals surface area contributed by atoms with E-state index in [2.05, 4.69) is 20.3 Å². The molecule has 2 heterocycles. The van der Waals surface area contributed by atoms with E-state index in [0.29, 0.717) is 17.8 Å². The van der Waals surface area contributed by atoms with Gasteiger partial charge in [0, 0.05) is 0 Å². The van der Waals surface area contributed by atoms with Gasteiger partial charge in [-0.3, -0.25) is 9.78 Å². The summed E-state index contributed by atoms with van der Waals surface area (Å²) < 4.78 is 1.11. The summed E-state index contributed by atoms with van der Waals surface area (Å²) in [6.45, 7) is 0.382. The summed E-state index contributed by atoms with van der Waals surface area (Å²) in [6.07, 6.45) is 1.50. The van der Waals surface area contributed by atoms with Gasteiger partial charge in [-0.1, -0.05) is 24.3 Å². The molecule has 4 aromatic rings. The van der Waals surface area contributed by atoms with Gasteiger partial charge >= 0.3 is 0 Å². The molecular formula is C17H12N4OS. The number of hydrogen-bond donors (Lipinski definition) is 1. The Morgan fingerprint density at radius 1 is 0.957 bits per heavy atom. The summed E-state index contributed by atoms with van der Waals surface area (Å²) in [4.78, 5) is 25.3. The van der Waals surface area contributed by atoms with Crippen molar-refractivity contribution < 1.29 is 4.79 Å². The van der Waals surface area contributed by atoms with E-state index in [0.717, 1.165) is 20.7 Å². The lowest BCUT2D eigenvalue weighted by atomic mass is 10.3. The summed E-state index contributed by atoms with van der Waals surface area (Å²) in [6, 6.07) is 15.4. The van der Waals surface area contributed by atoms with Crippen LogP contribution in [0.1, 0.15) is 15.5 Å². The molecule has 0 fully saturated rings. The molecule has 0 spiro atoms. The molecule has 5 nitrogen and oxygen atoms in total. The van der Waals surface area contributed by atoms with E-state index >= 15 is 0 Å². The van der Waals surface area contributed by atoms with Crippen LogP contribution in [-0.2, 0) is 6.54 Å². The van der Waals surface area contributed by atoms with Gasteiger partial charge in [0.25, 0.3) is 5.91 Å². The molecule has 112 valence electrons. The number of carbonyl (C=O) groups excluding carboxylic acids is 1. The van der Waals surface area contributed by atoms with E-state index in [1.54, 1.807) is 11.3 Å². The van der Waals surface area contributed by atoms with E-state index in [9.17, 15) is 4.79 Å². The van der Waals surface area contributed by atoms with Crippen LogP contribution in [-0.4, -0.2) is 20.9 Å². The fourth-order valence-electron chi connectivity index (χ4n) is 2.31. The molecule has 0 saturated heterocycles. The van der Waals surface area contributed by atoms with Gasteiger partial charge in [0.1, 0.15) is 10.7 Å². The number of nitrogens with zero attached hydrogens (tertiary/aromatic N) is 3. The van der Waals surface area contributed by atoms with Crippen molar-refractivity contribution in [2.45, 2.75) is 6.54 Å². The number of carbonyl (C=O) groups is 1. The third-order valence-electron chi connectivity index (χ3n) is 3.42. The van der Waals surface area contributed by atoms with Crippen molar-refractivity contribution in [2.24, 2.45) is 0 Å². The van der Waals surface area contributed by atoms with Crippen molar-refractivity contribution in [3.63, 3.8) is 0 Å². The van der Waals surface area contributed by atoms with Crippen LogP contribution in [0.15, 0.2) is 54.7 Å². The van der Waals surface area contributed by atoms with Crippen LogP contribution >= 0.6 is 11.3 Å². The maximum Gasteiger partial charge on any atom is 0.271 e. The first-order valence-electron chi connectivity index (χ1n) is 7.14. The van der Waals surface area contributed by atoms with Gasteiger partial charge in [-0.15, -0.1) is 11.3 Å². The van der Waals surface area contributed by atoms with Crippen LogP contribution in [0.3, 0.4) is 0 Å². The quantitative estimate of drug-likeness (QED) is 0.629. The Morgan fingerprint density at radius 2 is 1.70 bits per heavy atom. The molecule has 0 saturated carbocycles. The highest BCUT2D eigenvalue weighted by Crippen LogP contribution is 2.21. The Morgan fingerprint density at radius 3 is 2.52 bits per heavy atom. The second kappa shape index (κ2) is 5.73. The van der Waals surface area contributed by atoms with Gasteiger partial charge in [0.05, 0.1) is 34.0 Å². The molecule has 4 rings (SSSR count). The minimum absolute atomic E-state index is 0.248. The van der Waals surface area contributed by atoms with Crippen molar-refractivity contribution in [1.29, 1.82) is 0 Å². The number of rotatable bonds is 3. The Labute approximate surface area is 136 Å². The summed E-state index contributed by atoms with van der Waals surface area (Å²) in [7, 11) is 0. The molecule has 0 atom stereocenters. The summed E-state index contributed by atoms with van der Waals surface area (Å²) in [5, 5.41) is 3.72. The van der Waals surface area contributed by atoms with Crippen molar-refractivity contribution >= 4 is 38.5 Å². The highest BCUT2D eigenvalue weighted by Gasteiger charge is 2.10. The summed E-state index contributed by atoms with van der Waals surface area (Å²) >= 11 is 1.58. The van der Waals surface area contributed by atoms with E-state index < -0.39 is 0 Å². The van der Waals surface area contributed by atoms with Crippen molar-refractivity contribution in [1.82, 2.24) is 20.3 Å². The van der Waals surface area contributed by atoms with Crippen LogP contribution in [0.25, 0.3) is 21.3 Å². The van der Waals surface area contributed by atoms with Gasteiger partial charge < -0.3 is 5.32 Å². The van der Waals surface area contributed by atoms with E-state index in [1.807, 2.05) is 48.5 Å². The fourth-order valence-corrected chi connectivity index (χ4v) is 3.22. The number of nitrogens with one attached hydrogen (secondary N) is 1. The molecule has 2 aromatic carbocycles. The van der Waals surface area contributed by atoms with E-state index in [1.165, 1.54) is 6.20 Å². The minimum Gasteiger partial charge on any atom is -0.344 e. The topological polar surface area (TPSA) is 67.8 Å². The van der Waals surface area contributed by atoms with Crippen LogP contribution in [0.5, 0.6) is 0 Å². The zero-order chi connectivity index (χ0) is 15.6. The molecule has 1 amide bonds. The van der Waals surface area contributed by atoms with Gasteiger partial charge in [0.2, 0.25) is 0 Å². The van der Waals surface area contributed by atoms with Crippen molar-refractivity contribution in [3.05, 3.63) is 65.4 Å². The van der Waals surface area contributed by atoms with Gasteiger partial charge in [-0.2, -0.15) is 0 Å². The normalized spacial score (nSPS) is 11.0. The first-order chi connectivity index (χ1) is 11.3. The zero-order valence-corrected chi connectivity index (χ0v) is 12.9. The number of aromatic nitrogens is 3. The van der Waals surface area contributed by atoms with Crippen LogP contribution in [0, 0.1) is 0 Å². The van der Waals surface area contributed by atoms with Crippen molar-refractivity contribution in [3.8, 4) is 0 Å². The van der Waals surface area contributed by atoms with E-state index in [-0.39, 0.29) is 5.91 Å². The number of amides is 1. The average molecular weight is 320 g/mol. The number of benzene rings is 2. The molecular weight excluding hydrogens is 308 g/mol. The monoisotopic (exact) mass is 320 g/mol. The maximum atomic E-state index is 12.2. The maximum absolute atomic E-state index is 12.2. The molecule has 23 heavy (non-hydrogen) atoms. The van der Waals surface area contributed by atoms with Crippen LogP contribution in [0.2, 0.25) is 0 Å². The largest absolute Gasteiger partial charge is 0.344 e. The highest BCUT2D eigenvalue weighted by molar-refractivity contribution is 7.18. The number of fused-ring (bicyclic) bond motifs is 2. The predicted molar refractivity (Wildman–Crippen MR) is 90.3 cm³/mol. The smallest absolute Gasteiger partial charge is 0.271 e. The molecule has 0 radical (unpaired) electrons. The number of para-hydroxylation sites is 3. The van der Waals surface area contributed by atoms with Crippen LogP contribution in [0.4, 0.5) is 0 Å². The minimum atomic E-state index is -0.248. The molecule has 0 aliphatic rings. The lowest BCUT2D eigenvalue weighted by Crippen LogP contribution is -2.23. The molecule has 0 aliphatic heterocycles. The third kappa shape index (κ3) is 2.76. The highest BCUT2D eigenvalue weighted by atomic mass is 32.1.